The number of ketones is 1. The molecule has 0 aromatic carbocycles. The molecule has 8 rings (SSSR count). The molecular formula is C38H58N6O2. The zero-order valence-electron chi connectivity index (χ0n) is 28.8. The standard InChI is InChI=1S/C38H58N6O2/c1-26-22-31-29-9-8-27-23-28(45)10-12-37(27,2)30(29)11-13-38(31,3)35(26)32(46)25-41-18-20-43(21-19-41)34-24-33(42-14-4-5-15-42)39-36(40-34)44-16-6-7-17-44/h8,24,26,28-31,35,45H,4-7,9-23,25H2,1-3H3/t26?,28?,29-,30+,31+,35-,37+,38+/m1/s1. The molecule has 6 fully saturated rings. The van der Waals surface area contributed by atoms with E-state index < -0.39 is 0 Å². The molecule has 2 unspecified atom stereocenters. The van der Waals surface area contributed by atoms with Crippen molar-refractivity contribution in [3.8, 4) is 0 Å². The molecule has 4 heterocycles. The van der Waals surface area contributed by atoms with Crippen LogP contribution in [0, 0.1) is 40.4 Å². The largest absolute Gasteiger partial charge is 0.393 e. The van der Waals surface area contributed by atoms with Crippen LogP contribution >= 0.6 is 0 Å². The van der Waals surface area contributed by atoms with Crippen LogP contribution in [0.2, 0.25) is 0 Å². The number of hydrogen-bond acceptors (Lipinski definition) is 8. The lowest BCUT2D eigenvalue weighted by molar-refractivity contribution is -0.132. The van der Waals surface area contributed by atoms with Crippen molar-refractivity contribution in [1.82, 2.24) is 14.9 Å². The third-order valence-corrected chi connectivity index (χ3v) is 14.3. The molecule has 0 radical (unpaired) electrons. The molecule has 1 aromatic heterocycles. The number of carbonyl (C=O) groups is 1. The SMILES string of the molecule is CC1C[C@H]2[C@@H]3CC=C4CC(O)CC[C@]4(C)[C@H]3CC[C@]2(C)[C@H]1C(=O)CN1CCN(c2cc(N3CCCC3)nc(N3CCCC3)n2)CC1. The summed E-state index contributed by atoms with van der Waals surface area (Å²) in [7, 11) is 0. The first-order valence-corrected chi connectivity index (χ1v) is 19.0. The van der Waals surface area contributed by atoms with Gasteiger partial charge in [0.15, 0.2) is 5.78 Å². The Bertz CT molecular complexity index is 1300. The number of nitrogens with zero attached hydrogens (tertiary/aromatic N) is 6. The maximum absolute atomic E-state index is 14.3. The Morgan fingerprint density at radius 3 is 2.22 bits per heavy atom. The first-order chi connectivity index (χ1) is 22.2. The number of Topliss-reactive ketones (excluding diaryl/α,β-unsaturated/α-hetero) is 1. The van der Waals surface area contributed by atoms with Crippen molar-refractivity contribution in [2.24, 2.45) is 40.4 Å². The maximum atomic E-state index is 14.3. The van der Waals surface area contributed by atoms with E-state index in [1.807, 2.05) is 0 Å². The number of anilines is 3. The van der Waals surface area contributed by atoms with Crippen molar-refractivity contribution in [3.63, 3.8) is 0 Å². The summed E-state index contributed by atoms with van der Waals surface area (Å²) < 4.78 is 0. The molecule has 1 N–H and O–H groups in total. The molecule has 7 aliphatic rings. The summed E-state index contributed by atoms with van der Waals surface area (Å²) in [6.07, 6.45) is 15.0. The van der Waals surface area contributed by atoms with Crippen LogP contribution in [0.15, 0.2) is 17.7 Å². The van der Waals surface area contributed by atoms with Gasteiger partial charge >= 0.3 is 0 Å². The summed E-state index contributed by atoms with van der Waals surface area (Å²) in [5, 5.41) is 10.4. The molecule has 0 spiro atoms. The van der Waals surface area contributed by atoms with Gasteiger partial charge in [-0.25, -0.2) is 0 Å². The molecule has 0 amide bonds. The average molecular weight is 631 g/mol. The van der Waals surface area contributed by atoms with E-state index in [0.717, 1.165) is 95.6 Å². The molecule has 3 aliphatic heterocycles. The van der Waals surface area contributed by atoms with Gasteiger partial charge in [-0.05, 0) is 105 Å². The number of carbonyl (C=O) groups excluding carboxylic acids is 1. The summed E-state index contributed by atoms with van der Waals surface area (Å²) >= 11 is 0. The van der Waals surface area contributed by atoms with Crippen LogP contribution in [0.4, 0.5) is 17.6 Å². The Morgan fingerprint density at radius 1 is 0.870 bits per heavy atom. The van der Waals surface area contributed by atoms with Crippen LogP contribution in [-0.2, 0) is 4.79 Å². The van der Waals surface area contributed by atoms with Gasteiger partial charge in [0.1, 0.15) is 11.6 Å². The Kier molecular flexibility index (Phi) is 8.15. The number of fused-ring (bicyclic) bond motifs is 5. The van der Waals surface area contributed by atoms with Crippen LogP contribution in [0.25, 0.3) is 0 Å². The Balaban J connectivity index is 0.929. The van der Waals surface area contributed by atoms with E-state index in [4.69, 9.17) is 9.97 Å². The number of piperazine rings is 1. The van der Waals surface area contributed by atoms with Gasteiger partial charge in [0, 0.05) is 64.3 Å². The summed E-state index contributed by atoms with van der Waals surface area (Å²) in [5.74, 6) is 6.24. The van der Waals surface area contributed by atoms with E-state index in [9.17, 15) is 9.90 Å². The number of aromatic nitrogens is 2. The molecule has 8 nitrogen and oxygen atoms in total. The fourth-order valence-corrected chi connectivity index (χ4v) is 11.9. The molecule has 4 aliphatic carbocycles. The van der Waals surface area contributed by atoms with Gasteiger partial charge in [0.25, 0.3) is 0 Å². The average Bonchev–Trinajstić information content (AvgIpc) is 3.83. The number of hydrogen-bond donors (Lipinski definition) is 1. The van der Waals surface area contributed by atoms with Crippen molar-refractivity contribution >= 4 is 23.4 Å². The minimum Gasteiger partial charge on any atom is -0.393 e. The van der Waals surface area contributed by atoms with Crippen molar-refractivity contribution < 1.29 is 9.90 Å². The molecule has 1 aromatic rings. The van der Waals surface area contributed by atoms with Crippen molar-refractivity contribution in [2.45, 2.75) is 97.5 Å². The monoisotopic (exact) mass is 630 g/mol. The zero-order valence-corrected chi connectivity index (χ0v) is 28.8. The van der Waals surface area contributed by atoms with Crippen LogP contribution in [-0.4, -0.2) is 90.8 Å². The second-order valence-corrected chi connectivity index (χ2v) is 16.9. The summed E-state index contributed by atoms with van der Waals surface area (Å²) in [4.78, 5) is 34.1. The van der Waals surface area contributed by atoms with Crippen LogP contribution in [0.5, 0.6) is 0 Å². The van der Waals surface area contributed by atoms with E-state index in [1.54, 1.807) is 0 Å². The highest BCUT2D eigenvalue weighted by molar-refractivity contribution is 5.84. The predicted molar refractivity (Wildman–Crippen MR) is 184 cm³/mol. The molecule has 46 heavy (non-hydrogen) atoms. The highest BCUT2D eigenvalue weighted by atomic mass is 16.3. The predicted octanol–water partition coefficient (Wildman–Crippen LogP) is 5.55. The summed E-state index contributed by atoms with van der Waals surface area (Å²) in [6.45, 7) is 15.9. The maximum Gasteiger partial charge on any atom is 0.229 e. The van der Waals surface area contributed by atoms with Gasteiger partial charge in [-0.3, -0.25) is 9.69 Å². The van der Waals surface area contributed by atoms with E-state index in [2.05, 4.69) is 52.5 Å². The first-order valence-electron chi connectivity index (χ1n) is 19.0. The third kappa shape index (κ3) is 5.28. The molecule has 0 bridgehead atoms. The smallest absolute Gasteiger partial charge is 0.229 e. The highest BCUT2D eigenvalue weighted by Crippen LogP contribution is 2.67. The van der Waals surface area contributed by atoms with Crippen molar-refractivity contribution in [3.05, 3.63) is 17.7 Å². The Labute approximate surface area is 277 Å². The normalized spacial score (nSPS) is 39.7. The van der Waals surface area contributed by atoms with Gasteiger partial charge in [0.2, 0.25) is 5.95 Å². The fourth-order valence-electron chi connectivity index (χ4n) is 11.9. The first kappa shape index (κ1) is 31.1. The van der Waals surface area contributed by atoms with Gasteiger partial charge in [-0.15, -0.1) is 0 Å². The molecule has 8 heteroatoms. The number of aliphatic hydroxyl groups is 1. The second kappa shape index (κ2) is 12.0. The highest BCUT2D eigenvalue weighted by Gasteiger charge is 2.61. The van der Waals surface area contributed by atoms with Gasteiger partial charge in [-0.1, -0.05) is 32.4 Å². The number of rotatable bonds is 6. The van der Waals surface area contributed by atoms with Gasteiger partial charge in [-0.2, -0.15) is 9.97 Å². The Morgan fingerprint density at radius 2 is 1.52 bits per heavy atom. The topological polar surface area (TPSA) is 76.0 Å². The summed E-state index contributed by atoms with van der Waals surface area (Å²) in [5.41, 5.74) is 1.91. The molecule has 252 valence electrons. The summed E-state index contributed by atoms with van der Waals surface area (Å²) in [6, 6.07) is 2.22. The van der Waals surface area contributed by atoms with Crippen molar-refractivity contribution in [2.75, 3.05) is 73.6 Å². The Hall–Kier alpha value is -2.19. The van der Waals surface area contributed by atoms with Crippen LogP contribution in [0.3, 0.4) is 0 Å². The molecule has 8 atom stereocenters. The van der Waals surface area contributed by atoms with Crippen LogP contribution in [0.1, 0.15) is 91.4 Å². The van der Waals surface area contributed by atoms with E-state index >= 15 is 0 Å². The minimum absolute atomic E-state index is 0.119. The number of allylic oxidation sites excluding steroid dienone is 1. The van der Waals surface area contributed by atoms with E-state index in [-0.39, 0.29) is 22.9 Å². The van der Waals surface area contributed by atoms with Gasteiger partial charge < -0.3 is 19.8 Å². The lowest BCUT2D eigenvalue weighted by Crippen LogP contribution is -2.53. The number of aliphatic hydroxyl groups excluding tert-OH is 1. The van der Waals surface area contributed by atoms with Gasteiger partial charge in [0.05, 0.1) is 12.6 Å². The van der Waals surface area contributed by atoms with E-state index in [1.165, 1.54) is 50.5 Å². The minimum atomic E-state index is -0.152. The molecule has 3 saturated heterocycles. The lowest BCUT2D eigenvalue weighted by Gasteiger charge is -2.58. The quantitative estimate of drug-likeness (QED) is 0.410. The second-order valence-electron chi connectivity index (χ2n) is 16.9. The van der Waals surface area contributed by atoms with E-state index in [0.29, 0.717) is 36.0 Å². The lowest BCUT2D eigenvalue weighted by atomic mass is 9.47. The fraction of sp³-hybridized carbons (Fsp3) is 0.816. The molecule has 3 saturated carbocycles. The zero-order chi connectivity index (χ0) is 31.6. The van der Waals surface area contributed by atoms with Crippen LogP contribution < -0.4 is 14.7 Å². The van der Waals surface area contributed by atoms with Crippen molar-refractivity contribution in [1.29, 1.82) is 0 Å². The third-order valence-electron chi connectivity index (χ3n) is 14.3. The molecular weight excluding hydrogens is 572 g/mol.